The number of aliphatic hydroxyl groups is 1. The number of piperidine rings is 1. The van der Waals surface area contributed by atoms with Crippen LogP contribution in [0.4, 0.5) is 0 Å². The number of hydrogen-bond acceptors (Lipinski definition) is 10. The van der Waals surface area contributed by atoms with E-state index in [1.807, 2.05) is 33.0 Å². The Hall–Kier alpha value is -3.64. The van der Waals surface area contributed by atoms with Crippen molar-refractivity contribution >= 4 is 23.8 Å². The first kappa shape index (κ1) is 31.8. The summed E-state index contributed by atoms with van der Waals surface area (Å²) in [5.41, 5.74) is 0.0430. The minimum absolute atomic E-state index is 0.0200. The molecular formula is C32H43N3O9. The van der Waals surface area contributed by atoms with Crippen molar-refractivity contribution in [1.82, 2.24) is 15.5 Å². The Balaban J connectivity index is 1.24. The topological polar surface area (TPSA) is 153 Å². The van der Waals surface area contributed by atoms with Gasteiger partial charge in [-0.1, -0.05) is 19.9 Å². The Morgan fingerprint density at radius 2 is 1.95 bits per heavy atom. The van der Waals surface area contributed by atoms with Gasteiger partial charge in [-0.25, -0.2) is 4.79 Å². The van der Waals surface area contributed by atoms with Crippen LogP contribution in [0.25, 0.3) is 0 Å². The Bertz CT molecular complexity index is 1380. The van der Waals surface area contributed by atoms with Crippen molar-refractivity contribution in [2.45, 2.75) is 95.1 Å². The van der Waals surface area contributed by atoms with Crippen LogP contribution in [0, 0.1) is 5.92 Å². The van der Waals surface area contributed by atoms with Crippen LogP contribution in [0.3, 0.4) is 0 Å². The predicted molar refractivity (Wildman–Crippen MR) is 158 cm³/mol. The molecule has 2 bridgehead atoms. The van der Waals surface area contributed by atoms with Crippen LogP contribution >= 0.6 is 0 Å². The molecule has 6 atom stereocenters. The lowest BCUT2D eigenvalue weighted by molar-refractivity contribution is -0.175. The molecule has 0 radical (unpaired) electrons. The number of benzene rings is 1. The van der Waals surface area contributed by atoms with Gasteiger partial charge in [-0.2, -0.15) is 0 Å². The number of ether oxygens (including phenoxy) is 4. The quantitative estimate of drug-likeness (QED) is 0.313. The van der Waals surface area contributed by atoms with Crippen LogP contribution < -0.4 is 20.1 Å². The monoisotopic (exact) mass is 613 g/mol. The zero-order valence-electron chi connectivity index (χ0n) is 26.2. The van der Waals surface area contributed by atoms with Crippen LogP contribution in [-0.2, 0) is 40.5 Å². The van der Waals surface area contributed by atoms with Crippen molar-refractivity contribution in [2.75, 3.05) is 27.2 Å². The Kier molecular flexibility index (Phi) is 8.69. The van der Waals surface area contributed by atoms with Gasteiger partial charge in [0.1, 0.15) is 11.8 Å². The molecule has 1 aromatic rings. The number of nitrogens with zero attached hydrogens (tertiary/aromatic N) is 1. The third kappa shape index (κ3) is 5.32. The third-order valence-corrected chi connectivity index (χ3v) is 9.45. The molecule has 3 N–H and O–H groups in total. The smallest absolute Gasteiger partial charge is 0.352 e. The maximum absolute atomic E-state index is 13.2. The molecule has 1 fully saturated rings. The minimum atomic E-state index is -1.23. The van der Waals surface area contributed by atoms with Crippen molar-refractivity contribution < 1.29 is 43.2 Å². The molecule has 2 heterocycles. The summed E-state index contributed by atoms with van der Waals surface area (Å²) in [4.78, 5) is 51.9. The van der Waals surface area contributed by atoms with E-state index in [1.54, 1.807) is 13.2 Å². The predicted octanol–water partition coefficient (Wildman–Crippen LogP) is 1.50. The zero-order chi connectivity index (χ0) is 32.0. The Morgan fingerprint density at radius 1 is 1.20 bits per heavy atom. The first-order valence-corrected chi connectivity index (χ1v) is 15.3. The lowest BCUT2D eigenvalue weighted by Crippen LogP contribution is -2.74. The van der Waals surface area contributed by atoms with Crippen LogP contribution in [0.1, 0.15) is 64.5 Å². The largest absolute Gasteiger partial charge is 0.493 e. The molecule has 4 aliphatic rings. The lowest BCUT2D eigenvalue weighted by Gasteiger charge is -2.61. The van der Waals surface area contributed by atoms with E-state index in [0.717, 1.165) is 17.7 Å². The van der Waals surface area contributed by atoms with Crippen molar-refractivity contribution in [3.63, 3.8) is 0 Å². The van der Waals surface area contributed by atoms with Gasteiger partial charge < -0.3 is 39.6 Å². The van der Waals surface area contributed by atoms with E-state index in [0.29, 0.717) is 30.8 Å². The summed E-state index contributed by atoms with van der Waals surface area (Å²) in [7, 11) is 3.59. The zero-order valence-corrected chi connectivity index (χ0v) is 26.2. The molecule has 2 amide bonds. The average Bonchev–Trinajstić information content (AvgIpc) is 3.31. The Labute approximate surface area is 257 Å². The van der Waals surface area contributed by atoms with Gasteiger partial charge in [-0.05, 0) is 63.4 Å². The summed E-state index contributed by atoms with van der Waals surface area (Å²) in [5, 5.41) is 17.6. The van der Waals surface area contributed by atoms with E-state index in [-0.39, 0.29) is 43.0 Å². The van der Waals surface area contributed by atoms with Crippen LogP contribution in [0.5, 0.6) is 11.5 Å². The van der Waals surface area contributed by atoms with E-state index in [4.69, 9.17) is 18.9 Å². The van der Waals surface area contributed by atoms with Crippen LogP contribution in [-0.4, -0.2) is 90.9 Å². The number of carbonyl (C=O) groups excluding carboxylic acids is 4. The molecule has 12 heteroatoms. The second kappa shape index (κ2) is 12.0. The average molecular weight is 614 g/mol. The van der Waals surface area contributed by atoms with E-state index < -0.39 is 47.1 Å². The SMILES string of the molecule is COc1ccc2c3c1O[C@H]1C(OC(=O)[C@H](C)OC(=O)CCNC(=O)[C@H](CC(C)C)NC(C)=O)=CC[C@]4(O)C(C2)N(C)CC[C@]314. The highest BCUT2D eigenvalue weighted by Crippen LogP contribution is 2.65. The normalized spacial score (nSPS) is 27.7. The van der Waals surface area contributed by atoms with Crippen molar-refractivity contribution in [2.24, 2.45) is 5.92 Å². The third-order valence-electron chi connectivity index (χ3n) is 9.45. The van der Waals surface area contributed by atoms with Gasteiger partial charge in [0, 0.05) is 31.5 Å². The van der Waals surface area contributed by atoms with Gasteiger partial charge in [0.05, 0.1) is 24.5 Å². The second-order valence-electron chi connectivity index (χ2n) is 12.8. The number of hydrogen-bond donors (Lipinski definition) is 3. The molecule has 1 unspecified atom stereocenters. The first-order valence-electron chi connectivity index (χ1n) is 15.3. The molecule has 5 rings (SSSR count). The van der Waals surface area contributed by atoms with E-state index in [2.05, 4.69) is 15.5 Å². The molecule has 44 heavy (non-hydrogen) atoms. The summed E-state index contributed by atoms with van der Waals surface area (Å²) in [6, 6.07) is 3.05. The van der Waals surface area contributed by atoms with Crippen molar-refractivity contribution in [3.8, 4) is 11.5 Å². The fourth-order valence-electron chi connectivity index (χ4n) is 7.45. The summed E-state index contributed by atoms with van der Waals surface area (Å²) in [6.45, 7) is 7.35. The first-order chi connectivity index (χ1) is 20.8. The molecule has 12 nitrogen and oxygen atoms in total. The van der Waals surface area contributed by atoms with E-state index in [9.17, 15) is 24.3 Å². The maximum Gasteiger partial charge on any atom is 0.352 e. The lowest BCUT2D eigenvalue weighted by atomic mass is 9.50. The van der Waals surface area contributed by atoms with Gasteiger partial charge in [-0.15, -0.1) is 0 Å². The van der Waals surface area contributed by atoms with Gasteiger partial charge in [-0.3, -0.25) is 14.4 Å². The molecule has 1 spiro atoms. The second-order valence-corrected chi connectivity index (χ2v) is 12.8. The number of likely N-dealkylation sites (N-methyl/N-ethyl adjacent to an activating group) is 1. The summed E-state index contributed by atoms with van der Waals surface area (Å²) >= 11 is 0. The van der Waals surface area contributed by atoms with Crippen LogP contribution in [0.15, 0.2) is 24.0 Å². The number of nitrogens with one attached hydrogen (secondary N) is 2. The van der Waals surface area contributed by atoms with Gasteiger partial charge in [0.2, 0.25) is 11.8 Å². The summed E-state index contributed by atoms with van der Waals surface area (Å²) < 4.78 is 23.3. The molecule has 1 aromatic carbocycles. The molecule has 240 valence electrons. The number of likely N-dealkylation sites (tertiary alicyclic amines) is 1. The molecular weight excluding hydrogens is 570 g/mol. The number of esters is 2. The standard InChI is InChI=1S/C32H43N3O9/c1-17(2)15-21(34-19(4)36)29(38)33-13-10-25(37)42-18(3)30(39)43-23-9-11-32(40)24-16-20-7-8-22(41-6)27-26(20)31(32,28(23)44-27)12-14-35(24)5/h7-9,17-18,21,24,28,40H,10-16H2,1-6H3,(H,33,38)(H,34,36)/t18-,21-,24?,28-,31-,32-/m0/s1. The highest BCUT2D eigenvalue weighted by atomic mass is 16.6. The highest BCUT2D eigenvalue weighted by Gasteiger charge is 2.72. The minimum Gasteiger partial charge on any atom is -0.493 e. The van der Waals surface area contributed by atoms with Crippen LogP contribution in [0.2, 0.25) is 0 Å². The van der Waals surface area contributed by atoms with Crippen molar-refractivity contribution in [3.05, 3.63) is 35.1 Å². The summed E-state index contributed by atoms with van der Waals surface area (Å²) in [5.74, 6) is -0.604. The molecule has 1 saturated heterocycles. The maximum atomic E-state index is 13.2. The number of methoxy groups -OCH3 is 1. The van der Waals surface area contributed by atoms with Gasteiger partial charge in [0.25, 0.3) is 0 Å². The summed E-state index contributed by atoms with van der Waals surface area (Å²) in [6.07, 6.45) is 1.54. The number of amides is 2. The number of rotatable bonds is 11. The molecule has 0 aromatic heterocycles. The molecule has 0 saturated carbocycles. The number of carbonyl (C=O) groups is 4. The highest BCUT2D eigenvalue weighted by molar-refractivity contribution is 5.87. The van der Waals surface area contributed by atoms with Crippen molar-refractivity contribution in [1.29, 1.82) is 0 Å². The fourth-order valence-corrected chi connectivity index (χ4v) is 7.45. The van der Waals surface area contributed by atoms with E-state index in [1.165, 1.54) is 13.8 Å². The van der Waals surface area contributed by atoms with E-state index >= 15 is 0 Å². The van der Waals surface area contributed by atoms with Gasteiger partial charge in [0.15, 0.2) is 23.7 Å². The fraction of sp³-hybridized carbons (Fsp3) is 0.625. The molecule has 2 aliphatic heterocycles. The molecule has 2 aliphatic carbocycles. The van der Waals surface area contributed by atoms with Gasteiger partial charge >= 0.3 is 11.9 Å². The Morgan fingerprint density at radius 3 is 2.64 bits per heavy atom.